The lowest BCUT2D eigenvalue weighted by atomic mass is 9.83. The van der Waals surface area contributed by atoms with E-state index in [1.54, 1.807) is 53.4 Å². The highest BCUT2D eigenvalue weighted by Crippen LogP contribution is 2.44. The van der Waals surface area contributed by atoms with Crippen LogP contribution in [-0.4, -0.2) is 36.2 Å². The molecule has 0 saturated heterocycles. The first-order valence-corrected chi connectivity index (χ1v) is 12.1. The number of nitrogens with zero attached hydrogens (tertiary/aromatic N) is 3. The summed E-state index contributed by atoms with van der Waals surface area (Å²) in [5, 5.41) is 0. The maximum absolute atomic E-state index is 14.1. The minimum atomic E-state index is -1.82. The quantitative estimate of drug-likeness (QED) is 0.497. The molecule has 1 heterocycles. The lowest BCUT2D eigenvalue weighted by Gasteiger charge is -2.33. The second kappa shape index (κ2) is 10.3. The van der Waals surface area contributed by atoms with Crippen LogP contribution in [0.15, 0.2) is 84.9 Å². The van der Waals surface area contributed by atoms with Crippen LogP contribution < -0.4 is 20.4 Å². The molecule has 8 heteroatoms. The number of primary amides is 1. The Balaban J connectivity index is 1.87. The highest BCUT2D eigenvalue weighted by atomic mass is 16.2. The van der Waals surface area contributed by atoms with Gasteiger partial charge in [0, 0.05) is 23.8 Å². The van der Waals surface area contributed by atoms with Crippen LogP contribution in [0, 0.1) is 5.41 Å². The fraction of sp³-hybridized carbons (Fsp3) is 0.241. The third-order valence-electron chi connectivity index (χ3n) is 6.46. The molecule has 8 nitrogen and oxygen atoms in total. The van der Waals surface area contributed by atoms with Crippen LogP contribution in [0.25, 0.3) is 0 Å². The molecule has 3 aromatic rings. The van der Waals surface area contributed by atoms with Gasteiger partial charge in [-0.2, -0.15) is 0 Å². The van der Waals surface area contributed by atoms with Gasteiger partial charge in [0.15, 0.2) is 0 Å². The highest BCUT2D eigenvalue weighted by molar-refractivity contribution is 6.24. The van der Waals surface area contributed by atoms with Gasteiger partial charge >= 0.3 is 0 Å². The third kappa shape index (κ3) is 4.82. The normalized spacial score (nSPS) is 17.4. The molecule has 0 radical (unpaired) electrons. The van der Waals surface area contributed by atoms with Gasteiger partial charge < -0.3 is 10.6 Å². The topological polar surface area (TPSA) is 104 Å². The predicted octanol–water partition coefficient (Wildman–Crippen LogP) is 4.02. The minimum absolute atomic E-state index is 0.188. The summed E-state index contributed by atoms with van der Waals surface area (Å²) in [6.45, 7) is 4.87. The lowest BCUT2D eigenvalue weighted by Crippen LogP contribution is -2.53. The monoisotopic (exact) mass is 498 g/mol. The molecule has 190 valence electrons. The van der Waals surface area contributed by atoms with E-state index in [4.69, 9.17) is 5.73 Å². The summed E-state index contributed by atoms with van der Waals surface area (Å²) in [6.07, 6.45) is -0.501. The third-order valence-corrected chi connectivity index (χ3v) is 6.46. The predicted molar refractivity (Wildman–Crippen MR) is 143 cm³/mol. The van der Waals surface area contributed by atoms with Crippen LogP contribution >= 0.6 is 0 Å². The number of fused-ring (bicyclic) bond motifs is 1. The van der Waals surface area contributed by atoms with Crippen molar-refractivity contribution >= 4 is 46.4 Å². The maximum atomic E-state index is 14.1. The molecule has 0 spiro atoms. The molecule has 1 aliphatic rings. The lowest BCUT2D eigenvalue weighted by molar-refractivity contribution is -0.142. The standard InChI is InChI=1S/C29H30N4O4/c1-20(2)32(21-12-6-4-7-13-21)26(35)19-31-23-16-10-11-17-24(23)33(22-14-8-5-9-15-22)28(37)29(3,27(31)36)18-25(30)34/h4-17,20H,18-19H2,1-3H3,(H2,30,34). The van der Waals surface area contributed by atoms with Crippen molar-refractivity contribution in [2.75, 3.05) is 21.2 Å². The Morgan fingerprint density at radius 1 is 0.838 bits per heavy atom. The molecule has 2 N–H and O–H groups in total. The van der Waals surface area contributed by atoms with Crippen molar-refractivity contribution in [3.63, 3.8) is 0 Å². The SMILES string of the molecule is CC(C)N(C(=O)CN1C(=O)C(C)(CC(N)=O)C(=O)N(c2ccccc2)c2ccccc21)c1ccccc1. The summed E-state index contributed by atoms with van der Waals surface area (Å²) < 4.78 is 0. The van der Waals surface area contributed by atoms with Gasteiger partial charge in [0.25, 0.3) is 0 Å². The van der Waals surface area contributed by atoms with E-state index in [2.05, 4.69) is 0 Å². The molecular weight excluding hydrogens is 468 g/mol. The smallest absolute Gasteiger partial charge is 0.247 e. The van der Waals surface area contributed by atoms with Crippen LogP contribution in [0.1, 0.15) is 27.2 Å². The number of rotatable bonds is 7. The van der Waals surface area contributed by atoms with Crippen molar-refractivity contribution in [3.05, 3.63) is 84.9 Å². The van der Waals surface area contributed by atoms with E-state index in [-0.39, 0.29) is 18.5 Å². The number of amides is 4. The number of hydrogen-bond acceptors (Lipinski definition) is 4. The Kier molecular flexibility index (Phi) is 7.11. The van der Waals surface area contributed by atoms with Gasteiger partial charge in [0.1, 0.15) is 12.0 Å². The van der Waals surface area contributed by atoms with Crippen molar-refractivity contribution in [1.29, 1.82) is 0 Å². The summed E-state index contributed by atoms with van der Waals surface area (Å²) in [4.78, 5) is 58.4. The van der Waals surface area contributed by atoms with Crippen molar-refractivity contribution in [3.8, 4) is 0 Å². The molecule has 37 heavy (non-hydrogen) atoms. The molecular formula is C29H30N4O4. The highest BCUT2D eigenvalue weighted by Gasteiger charge is 2.51. The van der Waals surface area contributed by atoms with E-state index >= 15 is 0 Å². The summed E-state index contributed by atoms with van der Waals surface area (Å²) in [6, 6.07) is 24.8. The maximum Gasteiger partial charge on any atom is 0.247 e. The van der Waals surface area contributed by atoms with Gasteiger partial charge in [-0.25, -0.2) is 0 Å². The summed E-state index contributed by atoms with van der Waals surface area (Å²) in [5.41, 5.74) is 5.76. The number of carbonyl (C=O) groups excluding carboxylic acids is 4. The second-order valence-electron chi connectivity index (χ2n) is 9.52. The average molecular weight is 499 g/mol. The first-order chi connectivity index (χ1) is 17.6. The number of benzene rings is 3. The second-order valence-corrected chi connectivity index (χ2v) is 9.52. The van der Waals surface area contributed by atoms with Crippen molar-refractivity contribution in [2.24, 2.45) is 11.1 Å². The van der Waals surface area contributed by atoms with Gasteiger partial charge in [-0.15, -0.1) is 0 Å². The number of carbonyl (C=O) groups is 4. The van der Waals surface area contributed by atoms with E-state index in [1.807, 2.05) is 50.2 Å². The zero-order valence-corrected chi connectivity index (χ0v) is 21.1. The fourth-order valence-electron chi connectivity index (χ4n) is 4.76. The van der Waals surface area contributed by atoms with E-state index in [0.29, 0.717) is 22.7 Å². The van der Waals surface area contributed by atoms with Crippen LogP contribution in [0.2, 0.25) is 0 Å². The first-order valence-electron chi connectivity index (χ1n) is 12.1. The minimum Gasteiger partial charge on any atom is -0.370 e. The summed E-state index contributed by atoms with van der Waals surface area (Å²) >= 11 is 0. The average Bonchev–Trinajstić information content (AvgIpc) is 2.93. The number of anilines is 4. The van der Waals surface area contributed by atoms with Gasteiger partial charge in [-0.1, -0.05) is 48.5 Å². The molecule has 4 amide bonds. The van der Waals surface area contributed by atoms with E-state index in [1.165, 1.54) is 16.7 Å². The van der Waals surface area contributed by atoms with E-state index < -0.39 is 29.6 Å². The summed E-state index contributed by atoms with van der Waals surface area (Å²) in [5.74, 6) is -2.37. The molecule has 1 unspecified atom stereocenters. The first kappa shape index (κ1) is 25.6. The van der Waals surface area contributed by atoms with Crippen molar-refractivity contribution in [1.82, 2.24) is 0 Å². The van der Waals surface area contributed by atoms with E-state index in [0.717, 1.165) is 0 Å². The van der Waals surface area contributed by atoms with Gasteiger partial charge in [-0.05, 0) is 57.2 Å². The molecule has 0 fully saturated rings. The number of hydrogen-bond donors (Lipinski definition) is 1. The number of para-hydroxylation sites is 4. The Bertz CT molecular complexity index is 1330. The zero-order valence-electron chi connectivity index (χ0n) is 21.1. The molecule has 0 aromatic heterocycles. The molecule has 3 aromatic carbocycles. The van der Waals surface area contributed by atoms with Crippen LogP contribution in [-0.2, 0) is 19.2 Å². The zero-order chi connectivity index (χ0) is 26.7. The molecule has 0 aliphatic carbocycles. The van der Waals surface area contributed by atoms with Gasteiger partial charge in [0.2, 0.25) is 23.6 Å². The van der Waals surface area contributed by atoms with Crippen molar-refractivity contribution in [2.45, 2.75) is 33.2 Å². The fourth-order valence-corrected chi connectivity index (χ4v) is 4.76. The summed E-state index contributed by atoms with van der Waals surface area (Å²) in [7, 11) is 0. The van der Waals surface area contributed by atoms with Gasteiger partial charge in [0.05, 0.1) is 11.4 Å². The van der Waals surface area contributed by atoms with E-state index in [9.17, 15) is 19.2 Å². The van der Waals surface area contributed by atoms with Crippen LogP contribution in [0.5, 0.6) is 0 Å². The Morgan fingerprint density at radius 2 is 1.38 bits per heavy atom. The Hall–Kier alpha value is -4.46. The Labute approximate surface area is 216 Å². The number of nitrogens with two attached hydrogens (primary N) is 1. The van der Waals surface area contributed by atoms with Gasteiger partial charge in [-0.3, -0.25) is 29.0 Å². The molecule has 1 aliphatic heterocycles. The molecule has 1 atom stereocenters. The molecule has 0 saturated carbocycles. The largest absolute Gasteiger partial charge is 0.370 e. The van der Waals surface area contributed by atoms with Crippen LogP contribution in [0.3, 0.4) is 0 Å². The van der Waals surface area contributed by atoms with Crippen LogP contribution in [0.4, 0.5) is 22.7 Å². The molecule has 4 rings (SSSR count). The Morgan fingerprint density at radius 3 is 1.95 bits per heavy atom. The molecule has 0 bridgehead atoms. The van der Waals surface area contributed by atoms with Crippen molar-refractivity contribution < 1.29 is 19.2 Å².